The lowest BCUT2D eigenvalue weighted by molar-refractivity contribution is 0.111. The SMILES string of the molecule is CN1CCCCC1Cc1nc(C=O)no1. The van der Waals surface area contributed by atoms with E-state index < -0.39 is 0 Å². The molecule has 0 aliphatic carbocycles. The summed E-state index contributed by atoms with van der Waals surface area (Å²) in [7, 11) is 2.11. The van der Waals surface area contributed by atoms with E-state index in [0.29, 0.717) is 18.2 Å². The summed E-state index contributed by atoms with van der Waals surface area (Å²) >= 11 is 0. The molecule has 1 aliphatic heterocycles. The van der Waals surface area contributed by atoms with Gasteiger partial charge in [-0.3, -0.25) is 4.79 Å². The summed E-state index contributed by atoms with van der Waals surface area (Å²) in [6.07, 6.45) is 5.03. The van der Waals surface area contributed by atoms with Crippen molar-refractivity contribution in [2.75, 3.05) is 13.6 Å². The van der Waals surface area contributed by atoms with E-state index in [1.165, 1.54) is 12.8 Å². The van der Waals surface area contributed by atoms with Crippen molar-refractivity contribution in [3.8, 4) is 0 Å². The average molecular weight is 209 g/mol. The second kappa shape index (κ2) is 4.53. The van der Waals surface area contributed by atoms with Gasteiger partial charge in [0.05, 0.1) is 0 Å². The van der Waals surface area contributed by atoms with Crippen LogP contribution in [0.2, 0.25) is 0 Å². The summed E-state index contributed by atoms with van der Waals surface area (Å²) in [5.74, 6) is 0.708. The molecule has 1 unspecified atom stereocenters. The number of carbonyl (C=O) groups excluding carboxylic acids is 1. The fraction of sp³-hybridized carbons (Fsp3) is 0.700. The van der Waals surface area contributed by atoms with Gasteiger partial charge in [-0.05, 0) is 26.4 Å². The number of nitrogens with zero attached hydrogens (tertiary/aromatic N) is 3. The Balaban J connectivity index is 1.97. The lowest BCUT2D eigenvalue weighted by atomic mass is 10.0. The van der Waals surface area contributed by atoms with Crippen molar-refractivity contribution < 1.29 is 9.32 Å². The molecular weight excluding hydrogens is 194 g/mol. The molecule has 5 heteroatoms. The summed E-state index contributed by atoms with van der Waals surface area (Å²) in [5.41, 5.74) is 0. The first-order chi connectivity index (χ1) is 7.29. The zero-order valence-corrected chi connectivity index (χ0v) is 8.85. The highest BCUT2D eigenvalue weighted by atomic mass is 16.5. The van der Waals surface area contributed by atoms with Crippen LogP contribution in [0.4, 0.5) is 0 Å². The Bertz CT molecular complexity index is 337. The van der Waals surface area contributed by atoms with E-state index in [0.717, 1.165) is 19.4 Å². The van der Waals surface area contributed by atoms with E-state index in [9.17, 15) is 4.79 Å². The van der Waals surface area contributed by atoms with Crippen molar-refractivity contribution in [2.45, 2.75) is 31.7 Å². The van der Waals surface area contributed by atoms with Gasteiger partial charge in [-0.1, -0.05) is 11.6 Å². The molecule has 15 heavy (non-hydrogen) atoms. The molecule has 1 atom stereocenters. The minimum atomic E-state index is 0.142. The normalized spacial score (nSPS) is 22.9. The molecular formula is C10H15N3O2. The number of rotatable bonds is 3. The minimum absolute atomic E-state index is 0.142. The maximum atomic E-state index is 10.4. The fourth-order valence-corrected chi connectivity index (χ4v) is 2.00. The molecule has 0 bridgehead atoms. The molecule has 0 amide bonds. The molecule has 0 saturated carbocycles. The fourth-order valence-electron chi connectivity index (χ4n) is 2.00. The van der Waals surface area contributed by atoms with Crippen LogP contribution in [0.25, 0.3) is 0 Å². The second-order valence-corrected chi connectivity index (χ2v) is 4.00. The van der Waals surface area contributed by atoms with E-state index in [1.54, 1.807) is 0 Å². The second-order valence-electron chi connectivity index (χ2n) is 4.00. The molecule has 5 nitrogen and oxygen atoms in total. The van der Waals surface area contributed by atoms with E-state index in [-0.39, 0.29) is 5.82 Å². The Morgan fingerprint density at radius 2 is 2.47 bits per heavy atom. The Morgan fingerprint density at radius 1 is 1.60 bits per heavy atom. The topological polar surface area (TPSA) is 59.2 Å². The molecule has 0 N–H and O–H groups in total. The van der Waals surface area contributed by atoms with Crippen molar-refractivity contribution in [1.82, 2.24) is 15.0 Å². The predicted molar refractivity (Wildman–Crippen MR) is 53.7 cm³/mol. The monoisotopic (exact) mass is 209 g/mol. The Hall–Kier alpha value is -1.23. The molecule has 1 aromatic rings. The molecule has 1 saturated heterocycles. The molecule has 1 fully saturated rings. The highest BCUT2D eigenvalue weighted by Crippen LogP contribution is 2.18. The van der Waals surface area contributed by atoms with Crippen LogP contribution >= 0.6 is 0 Å². The Morgan fingerprint density at radius 3 is 3.13 bits per heavy atom. The highest BCUT2D eigenvalue weighted by molar-refractivity contribution is 5.68. The van der Waals surface area contributed by atoms with Gasteiger partial charge in [0.2, 0.25) is 11.7 Å². The van der Waals surface area contributed by atoms with Crippen LogP contribution in [0.1, 0.15) is 35.8 Å². The molecule has 0 spiro atoms. The van der Waals surface area contributed by atoms with Crippen molar-refractivity contribution in [2.24, 2.45) is 0 Å². The zero-order chi connectivity index (χ0) is 10.7. The lowest BCUT2D eigenvalue weighted by Gasteiger charge is -2.31. The first kappa shape index (κ1) is 10.3. The van der Waals surface area contributed by atoms with Crippen molar-refractivity contribution >= 4 is 6.29 Å². The number of carbonyl (C=O) groups is 1. The average Bonchev–Trinajstić information content (AvgIpc) is 2.69. The van der Waals surface area contributed by atoms with Crippen LogP contribution < -0.4 is 0 Å². The van der Waals surface area contributed by atoms with Gasteiger partial charge < -0.3 is 9.42 Å². The predicted octanol–water partition coefficient (Wildman–Crippen LogP) is 0.909. The third-order valence-corrected chi connectivity index (χ3v) is 2.92. The molecule has 2 rings (SSSR count). The summed E-state index contributed by atoms with van der Waals surface area (Å²) in [5, 5.41) is 3.55. The standard InChI is InChI=1S/C10H15N3O2/c1-13-5-3-2-4-8(13)6-10-11-9(7-14)12-15-10/h7-8H,2-6H2,1H3. The number of likely N-dealkylation sites (N-methyl/N-ethyl adjacent to an activating group) is 1. The van der Waals surface area contributed by atoms with Crippen molar-refractivity contribution in [1.29, 1.82) is 0 Å². The van der Waals surface area contributed by atoms with Gasteiger partial charge in [-0.25, -0.2) is 0 Å². The van der Waals surface area contributed by atoms with Crippen molar-refractivity contribution in [3.63, 3.8) is 0 Å². The molecule has 82 valence electrons. The largest absolute Gasteiger partial charge is 0.339 e. The van der Waals surface area contributed by atoms with Crippen LogP contribution in [0.15, 0.2) is 4.52 Å². The minimum Gasteiger partial charge on any atom is -0.339 e. The number of hydrogen-bond acceptors (Lipinski definition) is 5. The van der Waals surface area contributed by atoms with Gasteiger partial charge in [0.15, 0.2) is 6.29 Å². The Labute approximate surface area is 88.5 Å². The lowest BCUT2D eigenvalue weighted by Crippen LogP contribution is -2.37. The maximum absolute atomic E-state index is 10.4. The summed E-state index contributed by atoms with van der Waals surface area (Å²) in [4.78, 5) is 16.7. The van der Waals surface area contributed by atoms with Crippen LogP contribution in [0, 0.1) is 0 Å². The third kappa shape index (κ3) is 2.41. The molecule has 0 radical (unpaired) electrons. The van der Waals surface area contributed by atoms with Gasteiger partial charge in [0.1, 0.15) is 0 Å². The first-order valence-electron chi connectivity index (χ1n) is 5.27. The van der Waals surface area contributed by atoms with E-state index in [4.69, 9.17) is 4.52 Å². The van der Waals surface area contributed by atoms with Crippen molar-refractivity contribution in [3.05, 3.63) is 11.7 Å². The smallest absolute Gasteiger partial charge is 0.235 e. The first-order valence-corrected chi connectivity index (χ1v) is 5.27. The zero-order valence-electron chi connectivity index (χ0n) is 8.85. The number of hydrogen-bond donors (Lipinski definition) is 0. The van der Waals surface area contributed by atoms with Crippen LogP contribution in [0.5, 0.6) is 0 Å². The summed E-state index contributed by atoms with van der Waals surface area (Å²) in [6.45, 7) is 1.12. The van der Waals surface area contributed by atoms with Gasteiger partial charge in [0.25, 0.3) is 0 Å². The molecule has 1 aromatic heterocycles. The number of piperidine rings is 1. The van der Waals surface area contributed by atoms with Gasteiger partial charge in [-0.2, -0.15) is 4.98 Å². The quantitative estimate of drug-likeness (QED) is 0.692. The molecule has 2 heterocycles. The maximum Gasteiger partial charge on any atom is 0.235 e. The molecule has 0 aromatic carbocycles. The van der Waals surface area contributed by atoms with Crippen LogP contribution in [0.3, 0.4) is 0 Å². The number of aldehydes is 1. The summed E-state index contributed by atoms with van der Waals surface area (Å²) < 4.78 is 4.99. The van der Waals surface area contributed by atoms with Crippen LogP contribution in [-0.4, -0.2) is 41.0 Å². The van der Waals surface area contributed by atoms with E-state index >= 15 is 0 Å². The van der Waals surface area contributed by atoms with Crippen LogP contribution in [-0.2, 0) is 6.42 Å². The number of aromatic nitrogens is 2. The number of likely N-dealkylation sites (tertiary alicyclic amines) is 1. The van der Waals surface area contributed by atoms with Gasteiger partial charge in [-0.15, -0.1) is 0 Å². The van der Waals surface area contributed by atoms with E-state index in [2.05, 4.69) is 22.1 Å². The Kier molecular flexibility index (Phi) is 3.11. The van der Waals surface area contributed by atoms with Gasteiger partial charge in [0, 0.05) is 12.5 Å². The molecule has 1 aliphatic rings. The third-order valence-electron chi connectivity index (χ3n) is 2.92. The highest BCUT2D eigenvalue weighted by Gasteiger charge is 2.21. The van der Waals surface area contributed by atoms with Gasteiger partial charge >= 0.3 is 0 Å². The van der Waals surface area contributed by atoms with E-state index in [1.807, 2.05) is 0 Å². The summed E-state index contributed by atoms with van der Waals surface area (Å²) in [6, 6.07) is 0.471.